The summed E-state index contributed by atoms with van der Waals surface area (Å²) in [5.41, 5.74) is 5.18. The monoisotopic (exact) mass is 266 g/mol. The number of pyridine rings is 1. The predicted octanol–water partition coefficient (Wildman–Crippen LogP) is 4.21. The van der Waals surface area contributed by atoms with Gasteiger partial charge in [0.05, 0.1) is 0 Å². The molecule has 2 nitrogen and oxygen atoms in total. The van der Waals surface area contributed by atoms with Crippen LogP contribution in [0.2, 0.25) is 0 Å². The summed E-state index contributed by atoms with van der Waals surface area (Å²) in [6.45, 7) is 6.93. The Kier molecular flexibility index (Phi) is 3.83. The average molecular weight is 266 g/mol. The van der Waals surface area contributed by atoms with Gasteiger partial charge in [-0.2, -0.15) is 0 Å². The largest absolute Gasteiger partial charge is 0.297 e. The van der Waals surface area contributed by atoms with Gasteiger partial charge in [-0.1, -0.05) is 24.3 Å². The van der Waals surface area contributed by atoms with Gasteiger partial charge >= 0.3 is 0 Å². The molecule has 20 heavy (non-hydrogen) atoms. The molecule has 0 bridgehead atoms. The normalized spacial score (nSPS) is 17.3. The van der Waals surface area contributed by atoms with Gasteiger partial charge in [-0.25, -0.2) is 0 Å². The van der Waals surface area contributed by atoms with E-state index in [0.717, 1.165) is 0 Å². The van der Waals surface area contributed by atoms with Crippen LogP contribution in [0, 0.1) is 6.92 Å². The molecule has 0 radical (unpaired) electrons. The summed E-state index contributed by atoms with van der Waals surface area (Å²) in [5, 5.41) is 0. The molecule has 0 N–H and O–H groups in total. The Morgan fingerprint density at radius 3 is 2.40 bits per heavy atom. The zero-order chi connectivity index (χ0) is 13.9. The molecule has 0 unspecified atom stereocenters. The zero-order valence-electron chi connectivity index (χ0n) is 12.3. The van der Waals surface area contributed by atoms with Crippen LogP contribution in [-0.2, 0) is 0 Å². The van der Waals surface area contributed by atoms with Crippen molar-refractivity contribution in [3.8, 4) is 11.1 Å². The van der Waals surface area contributed by atoms with Crippen LogP contribution in [0.5, 0.6) is 0 Å². The van der Waals surface area contributed by atoms with Crippen molar-refractivity contribution in [2.75, 3.05) is 13.1 Å². The number of benzene rings is 1. The molecule has 0 spiro atoms. The Morgan fingerprint density at radius 1 is 1.05 bits per heavy atom. The number of hydrogen-bond acceptors (Lipinski definition) is 2. The minimum Gasteiger partial charge on any atom is -0.297 e. The van der Waals surface area contributed by atoms with E-state index in [1.807, 2.05) is 12.4 Å². The third-order valence-electron chi connectivity index (χ3n) is 4.43. The number of likely N-dealkylation sites (tertiary alicyclic amines) is 1. The van der Waals surface area contributed by atoms with Crippen LogP contribution >= 0.6 is 0 Å². The number of hydrogen-bond donors (Lipinski definition) is 0. The van der Waals surface area contributed by atoms with Crippen LogP contribution in [0.1, 0.15) is 36.9 Å². The second kappa shape index (κ2) is 5.76. The highest BCUT2D eigenvalue weighted by molar-refractivity contribution is 5.66. The molecule has 1 aliphatic rings. The molecule has 3 rings (SSSR count). The van der Waals surface area contributed by atoms with Crippen molar-refractivity contribution >= 4 is 0 Å². The van der Waals surface area contributed by atoms with Crippen LogP contribution in [0.3, 0.4) is 0 Å². The van der Waals surface area contributed by atoms with Crippen molar-refractivity contribution in [3.05, 3.63) is 53.9 Å². The molecule has 1 aromatic heterocycles. The number of rotatable bonds is 3. The van der Waals surface area contributed by atoms with E-state index in [1.54, 1.807) is 0 Å². The minimum atomic E-state index is 0.529. The lowest BCUT2D eigenvalue weighted by Gasteiger charge is -2.24. The predicted molar refractivity (Wildman–Crippen MR) is 83.6 cm³/mol. The van der Waals surface area contributed by atoms with Crippen LogP contribution < -0.4 is 0 Å². The molecule has 1 aromatic carbocycles. The lowest BCUT2D eigenvalue weighted by Crippen LogP contribution is -2.23. The highest BCUT2D eigenvalue weighted by Gasteiger charge is 2.19. The Hall–Kier alpha value is -1.67. The van der Waals surface area contributed by atoms with E-state index in [4.69, 9.17) is 0 Å². The third kappa shape index (κ3) is 2.61. The van der Waals surface area contributed by atoms with E-state index >= 15 is 0 Å². The first-order valence-electron chi connectivity index (χ1n) is 7.51. The highest BCUT2D eigenvalue weighted by Crippen LogP contribution is 2.27. The van der Waals surface area contributed by atoms with E-state index in [2.05, 4.69) is 54.1 Å². The summed E-state index contributed by atoms with van der Waals surface area (Å²) < 4.78 is 0. The Balaban J connectivity index is 1.82. The zero-order valence-corrected chi connectivity index (χ0v) is 12.3. The van der Waals surface area contributed by atoms with Crippen LogP contribution in [-0.4, -0.2) is 23.0 Å². The van der Waals surface area contributed by atoms with E-state index in [0.29, 0.717) is 6.04 Å². The second-order valence-corrected chi connectivity index (χ2v) is 5.73. The molecule has 2 heteroatoms. The fourth-order valence-corrected chi connectivity index (χ4v) is 3.05. The van der Waals surface area contributed by atoms with Crippen molar-refractivity contribution in [1.29, 1.82) is 0 Å². The minimum absolute atomic E-state index is 0.529. The van der Waals surface area contributed by atoms with Gasteiger partial charge in [-0.15, -0.1) is 0 Å². The fourth-order valence-electron chi connectivity index (χ4n) is 3.05. The molecule has 1 saturated heterocycles. The van der Waals surface area contributed by atoms with Crippen LogP contribution in [0.15, 0.2) is 42.7 Å². The molecule has 1 fully saturated rings. The Labute approximate surface area is 121 Å². The Morgan fingerprint density at radius 2 is 1.75 bits per heavy atom. The van der Waals surface area contributed by atoms with Crippen LogP contribution in [0.4, 0.5) is 0 Å². The lowest BCUT2D eigenvalue weighted by molar-refractivity contribution is 0.263. The lowest BCUT2D eigenvalue weighted by atomic mass is 9.99. The van der Waals surface area contributed by atoms with Gasteiger partial charge in [-0.3, -0.25) is 9.88 Å². The first-order chi connectivity index (χ1) is 9.75. The van der Waals surface area contributed by atoms with Gasteiger partial charge < -0.3 is 0 Å². The van der Waals surface area contributed by atoms with Gasteiger partial charge in [-0.05, 0) is 62.5 Å². The maximum Gasteiger partial charge on any atom is 0.0349 e. The first kappa shape index (κ1) is 13.3. The molecule has 1 atom stereocenters. The van der Waals surface area contributed by atoms with Crippen molar-refractivity contribution < 1.29 is 0 Å². The topological polar surface area (TPSA) is 16.1 Å². The van der Waals surface area contributed by atoms with Crippen molar-refractivity contribution in [1.82, 2.24) is 9.88 Å². The summed E-state index contributed by atoms with van der Waals surface area (Å²) in [5.74, 6) is 0. The van der Waals surface area contributed by atoms with E-state index in [-0.39, 0.29) is 0 Å². The fraction of sp³-hybridized carbons (Fsp3) is 0.389. The summed E-state index contributed by atoms with van der Waals surface area (Å²) in [6.07, 6.45) is 6.49. The number of nitrogens with zero attached hydrogens (tertiary/aromatic N) is 2. The summed E-state index contributed by atoms with van der Waals surface area (Å²) in [6, 6.07) is 11.6. The summed E-state index contributed by atoms with van der Waals surface area (Å²) in [7, 11) is 0. The summed E-state index contributed by atoms with van der Waals surface area (Å²) >= 11 is 0. The quantitative estimate of drug-likeness (QED) is 0.827. The van der Waals surface area contributed by atoms with Crippen molar-refractivity contribution in [3.63, 3.8) is 0 Å². The molecule has 0 amide bonds. The van der Waals surface area contributed by atoms with Crippen molar-refractivity contribution in [2.24, 2.45) is 0 Å². The highest BCUT2D eigenvalue weighted by atomic mass is 15.2. The van der Waals surface area contributed by atoms with Crippen molar-refractivity contribution in [2.45, 2.75) is 32.7 Å². The maximum atomic E-state index is 4.23. The third-order valence-corrected chi connectivity index (χ3v) is 4.43. The molecular formula is C18H22N2. The van der Waals surface area contributed by atoms with E-state index in [1.165, 1.54) is 48.2 Å². The number of aromatic nitrogens is 1. The van der Waals surface area contributed by atoms with Gasteiger partial charge in [0.15, 0.2) is 0 Å². The molecule has 2 heterocycles. The SMILES string of the molecule is Cc1ccncc1-c1ccc([C@@H](C)N2CCCC2)cc1. The standard InChI is InChI=1S/C18H22N2/c1-14-9-10-19-13-18(14)17-7-5-16(6-8-17)15(2)20-11-3-4-12-20/h5-10,13,15H,3-4,11-12H2,1-2H3/t15-/m1/s1. The van der Waals surface area contributed by atoms with E-state index in [9.17, 15) is 0 Å². The smallest absolute Gasteiger partial charge is 0.0349 e. The van der Waals surface area contributed by atoms with Gasteiger partial charge in [0.2, 0.25) is 0 Å². The molecule has 1 aliphatic heterocycles. The summed E-state index contributed by atoms with van der Waals surface area (Å²) in [4.78, 5) is 6.81. The van der Waals surface area contributed by atoms with Gasteiger partial charge in [0, 0.05) is 24.0 Å². The maximum absolute atomic E-state index is 4.23. The first-order valence-corrected chi connectivity index (χ1v) is 7.51. The van der Waals surface area contributed by atoms with Gasteiger partial charge in [0.25, 0.3) is 0 Å². The molecule has 0 aliphatic carbocycles. The molecule has 2 aromatic rings. The molecular weight excluding hydrogens is 244 g/mol. The Bertz CT molecular complexity index is 568. The molecule has 0 saturated carbocycles. The van der Waals surface area contributed by atoms with Crippen LogP contribution in [0.25, 0.3) is 11.1 Å². The van der Waals surface area contributed by atoms with E-state index < -0.39 is 0 Å². The number of aryl methyl sites for hydroxylation is 1. The second-order valence-electron chi connectivity index (χ2n) is 5.73. The van der Waals surface area contributed by atoms with Gasteiger partial charge in [0.1, 0.15) is 0 Å². The average Bonchev–Trinajstić information content (AvgIpc) is 3.01. The molecule has 104 valence electrons.